The van der Waals surface area contributed by atoms with E-state index in [0.29, 0.717) is 19.4 Å². The maximum Gasteiger partial charge on any atom is 0.0584 e. The summed E-state index contributed by atoms with van der Waals surface area (Å²) in [5.41, 5.74) is 0. The van der Waals surface area contributed by atoms with E-state index in [-0.39, 0.29) is 6.10 Å². The summed E-state index contributed by atoms with van der Waals surface area (Å²) in [4.78, 5) is 0. The van der Waals surface area contributed by atoms with Crippen LogP contribution in [0.5, 0.6) is 0 Å². The summed E-state index contributed by atoms with van der Waals surface area (Å²) in [7, 11) is 0. The molecule has 1 heterocycles. The molecule has 0 aromatic heterocycles. The summed E-state index contributed by atoms with van der Waals surface area (Å²) in [6.07, 6.45) is 0.862. The van der Waals surface area contributed by atoms with Gasteiger partial charge in [0.1, 0.15) is 0 Å². The van der Waals surface area contributed by atoms with Crippen LogP contribution in [0.4, 0.5) is 0 Å². The Labute approximate surface area is 44.5 Å². The van der Waals surface area contributed by atoms with Crippen LogP contribution in [0.3, 0.4) is 0 Å². The molecule has 2 atom stereocenters. The Bertz CT molecular complexity index is 68.8. The average Bonchev–Trinajstić information content (AvgIpc) is 1.64. The highest BCUT2D eigenvalue weighted by Gasteiger charge is 2.07. The molecule has 42 valence electrons. The van der Waals surface area contributed by atoms with Gasteiger partial charge in [-0.3, -0.25) is 0 Å². The Morgan fingerprint density at radius 2 is 2.57 bits per heavy atom. The number of hydrogen-bond acceptors (Lipinski definition) is 2. The Morgan fingerprint density at radius 1 is 1.71 bits per heavy atom. The standard InChI is InChI=1S/C5H10O2/c6-5-1-3-7-4-2-5/h5-6H,1-4H2/i3D. The summed E-state index contributed by atoms with van der Waals surface area (Å²) in [6, 6.07) is 0. The van der Waals surface area contributed by atoms with Crippen LogP contribution in [0.15, 0.2) is 0 Å². The van der Waals surface area contributed by atoms with Crippen LogP contribution in [0.25, 0.3) is 0 Å². The van der Waals surface area contributed by atoms with Crippen molar-refractivity contribution >= 4 is 0 Å². The van der Waals surface area contributed by atoms with Crippen molar-refractivity contribution in [2.24, 2.45) is 0 Å². The molecule has 0 radical (unpaired) electrons. The quantitative estimate of drug-likeness (QED) is 0.473. The second-order valence-corrected chi connectivity index (χ2v) is 1.72. The molecule has 1 aliphatic heterocycles. The number of rotatable bonds is 0. The van der Waals surface area contributed by atoms with Gasteiger partial charge in [0.25, 0.3) is 0 Å². The highest BCUT2D eigenvalue weighted by Crippen LogP contribution is 2.03. The molecule has 0 aromatic rings. The van der Waals surface area contributed by atoms with Gasteiger partial charge in [0.2, 0.25) is 0 Å². The highest BCUT2D eigenvalue weighted by molar-refractivity contribution is 4.58. The summed E-state index contributed by atoms with van der Waals surface area (Å²) in [5, 5.41) is 8.88. The van der Waals surface area contributed by atoms with Gasteiger partial charge in [-0.05, 0) is 12.8 Å². The van der Waals surface area contributed by atoms with Crippen LogP contribution in [0, 0.1) is 0 Å². The van der Waals surface area contributed by atoms with E-state index in [2.05, 4.69) is 0 Å². The molecule has 0 aliphatic carbocycles. The molecule has 1 N–H and O–H groups in total. The van der Waals surface area contributed by atoms with Gasteiger partial charge in [-0.25, -0.2) is 0 Å². The number of ether oxygens (including phenoxy) is 1. The second kappa shape index (κ2) is 2.28. The topological polar surface area (TPSA) is 29.5 Å². The molecule has 0 bridgehead atoms. The normalized spacial score (nSPS) is 45.6. The monoisotopic (exact) mass is 103 g/mol. The van der Waals surface area contributed by atoms with Gasteiger partial charge >= 0.3 is 0 Å². The Balaban J connectivity index is 2.23. The van der Waals surface area contributed by atoms with Crippen LogP contribution < -0.4 is 0 Å². The first kappa shape index (κ1) is 3.87. The molecule has 1 fully saturated rings. The van der Waals surface area contributed by atoms with Gasteiger partial charge in [0, 0.05) is 13.2 Å². The first-order valence-electron chi connectivity index (χ1n) is 3.08. The first-order chi connectivity index (χ1) is 3.79. The largest absolute Gasteiger partial charge is 0.393 e. The molecular formula is C5H10O2. The minimum absolute atomic E-state index is 0.300. The van der Waals surface area contributed by atoms with Gasteiger partial charge < -0.3 is 9.84 Å². The number of hydrogen-bond donors (Lipinski definition) is 1. The van der Waals surface area contributed by atoms with Crippen molar-refractivity contribution in [3.63, 3.8) is 0 Å². The molecular weight excluding hydrogens is 92.1 g/mol. The summed E-state index contributed by atoms with van der Waals surface area (Å²) >= 11 is 0. The first-order valence-corrected chi connectivity index (χ1v) is 2.51. The van der Waals surface area contributed by atoms with Crippen molar-refractivity contribution in [3.8, 4) is 0 Å². The van der Waals surface area contributed by atoms with E-state index < -0.39 is 6.58 Å². The minimum atomic E-state index is -0.487. The van der Waals surface area contributed by atoms with Crippen molar-refractivity contribution in [3.05, 3.63) is 0 Å². The third kappa shape index (κ3) is 1.45. The van der Waals surface area contributed by atoms with Gasteiger partial charge in [-0.15, -0.1) is 0 Å². The number of aliphatic hydroxyl groups is 1. The van der Waals surface area contributed by atoms with E-state index in [1.807, 2.05) is 0 Å². The molecule has 0 amide bonds. The summed E-state index contributed by atoms with van der Waals surface area (Å²) < 4.78 is 11.9. The van der Waals surface area contributed by atoms with Crippen molar-refractivity contribution < 1.29 is 11.2 Å². The predicted molar refractivity (Wildman–Crippen MR) is 26.1 cm³/mol. The lowest BCUT2D eigenvalue weighted by Crippen LogP contribution is -2.19. The molecule has 0 saturated carbocycles. The molecule has 2 nitrogen and oxygen atoms in total. The molecule has 1 saturated heterocycles. The fourth-order valence-corrected chi connectivity index (χ4v) is 0.584. The fraction of sp³-hybridized carbons (Fsp3) is 1.00. The van der Waals surface area contributed by atoms with Crippen molar-refractivity contribution in [2.45, 2.75) is 18.9 Å². The van der Waals surface area contributed by atoms with Crippen LogP contribution in [0.2, 0.25) is 0 Å². The molecule has 0 spiro atoms. The van der Waals surface area contributed by atoms with E-state index in [4.69, 9.17) is 11.2 Å². The van der Waals surface area contributed by atoms with Gasteiger partial charge in [-0.2, -0.15) is 0 Å². The maximum atomic E-state index is 8.88. The van der Waals surface area contributed by atoms with Crippen LogP contribution in [-0.4, -0.2) is 24.4 Å². The Kier molecular flexibility index (Phi) is 1.26. The van der Waals surface area contributed by atoms with Crippen LogP contribution in [-0.2, 0) is 4.74 Å². The smallest absolute Gasteiger partial charge is 0.0584 e. The predicted octanol–water partition coefficient (Wildman–Crippen LogP) is 0.158. The van der Waals surface area contributed by atoms with Crippen LogP contribution in [0.1, 0.15) is 14.2 Å². The Morgan fingerprint density at radius 3 is 3.00 bits per heavy atom. The van der Waals surface area contributed by atoms with E-state index in [1.54, 1.807) is 0 Å². The lowest BCUT2D eigenvalue weighted by Gasteiger charge is -2.15. The zero-order chi connectivity index (χ0) is 5.98. The number of aliphatic hydroxyl groups excluding tert-OH is 1. The molecule has 2 unspecified atom stereocenters. The highest BCUT2D eigenvalue weighted by atomic mass is 16.5. The summed E-state index contributed by atoms with van der Waals surface area (Å²) in [6.45, 7) is 0.0498. The van der Waals surface area contributed by atoms with Gasteiger partial charge in [0.05, 0.1) is 7.47 Å². The third-order valence-corrected chi connectivity index (χ3v) is 1.06. The van der Waals surface area contributed by atoms with E-state index in [9.17, 15) is 0 Å². The van der Waals surface area contributed by atoms with E-state index in [1.165, 1.54) is 0 Å². The Hall–Kier alpha value is -0.0800. The van der Waals surface area contributed by atoms with Crippen molar-refractivity contribution in [1.82, 2.24) is 0 Å². The van der Waals surface area contributed by atoms with Crippen molar-refractivity contribution in [2.75, 3.05) is 13.2 Å². The lowest BCUT2D eigenvalue weighted by molar-refractivity contribution is 0.0140. The zero-order valence-electron chi connectivity index (χ0n) is 5.13. The average molecular weight is 103 g/mol. The van der Waals surface area contributed by atoms with E-state index >= 15 is 0 Å². The fourth-order valence-electron chi connectivity index (χ4n) is 0.584. The van der Waals surface area contributed by atoms with Crippen LogP contribution >= 0.6 is 0 Å². The molecule has 7 heavy (non-hydrogen) atoms. The molecule has 0 aromatic carbocycles. The maximum absolute atomic E-state index is 8.88. The molecule has 1 rings (SSSR count). The second-order valence-electron chi connectivity index (χ2n) is 1.72. The van der Waals surface area contributed by atoms with Gasteiger partial charge in [-0.1, -0.05) is 0 Å². The summed E-state index contributed by atoms with van der Waals surface area (Å²) in [5.74, 6) is 0. The van der Waals surface area contributed by atoms with Crippen molar-refractivity contribution in [1.29, 1.82) is 0 Å². The third-order valence-electron chi connectivity index (χ3n) is 1.06. The zero-order valence-corrected chi connectivity index (χ0v) is 4.13. The van der Waals surface area contributed by atoms with Gasteiger partial charge in [0.15, 0.2) is 0 Å². The molecule has 2 heteroatoms. The molecule has 1 aliphatic rings. The lowest BCUT2D eigenvalue weighted by atomic mass is 10.2. The SMILES string of the molecule is [2H]C1CC(O)CCO1. The van der Waals surface area contributed by atoms with E-state index in [0.717, 1.165) is 0 Å². The minimum Gasteiger partial charge on any atom is -0.393 e.